The minimum absolute atomic E-state index is 0.759. The second kappa shape index (κ2) is 4.49. The van der Waals surface area contributed by atoms with Crippen molar-refractivity contribution in [2.75, 3.05) is 12.8 Å². The third kappa shape index (κ3) is 1.94. The van der Waals surface area contributed by atoms with Crippen LogP contribution in [-0.2, 0) is 0 Å². The lowest BCUT2D eigenvalue weighted by atomic mass is 10.1. The van der Waals surface area contributed by atoms with Gasteiger partial charge in [0.2, 0.25) is 0 Å². The van der Waals surface area contributed by atoms with Crippen molar-refractivity contribution in [2.24, 2.45) is 0 Å². The second-order valence-corrected chi connectivity index (χ2v) is 5.85. The maximum Gasteiger partial charge on any atom is 0.195 e. The fourth-order valence-corrected chi connectivity index (χ4v) is 3.39. The van der Waals surface area contributed by atoms with E-state index < -0.39 is 0 Å². The van der Waals surface area contributed by atoms with Crippen LogP contribution >= 0.6 is 11.3 Å². The molecule has 2 N–H and O–H groups in total. The lowest BCUT2D eigenvalue weighted by Crippen LogP contribution is -1.84. The number of rotatable bonds is 2. The predicted octanol–water partition coefficient (Wildman–Crippen LogP) is 3.81. The van der Waals surface area contributed by atoms with E-state index in [2.05, 4.69) is 16.7 Å². The van der Waals surface area contributed by atoms with Crippen LogP contribution in [0, 0.1) is 0 Å². The Morgan fingerprint density at radius 1 is 1.14 bits per heavy atom. The summed E-state index contributed by atoms with van der Waals surface area (Å²) in [5, 5.41) is 0. The number of ether oxygens (including phenoxy) is 1. The molecule has 2 aromatic carbocycles. The highest BCUT2D eigenvalue weighted by molar-refractivity contribution is 7.23. The number of methoxy groups -OCH3 is 1. The van der Waals surface area contributed by atoms with Gasteiger partial charge in [0, 0.05) is 23.5 Å². The lowest BCUT2D eigenvalue weighted by molar-refractivity contribution is 0.415. The first-order chi connectivity index (χ1) is 10.2. The first-order valence-corrected chi connectivity index (χ1v) is 7.38. The topological polar surface area (TPSA) is 52.5 Å². The molecule has 4 nitrogen and oxygen atoms in total. The fourth-order valence-electron chi connectivity index (χ4n) is 2.40. The number of aromatic nitrogens is 2. The van der Waals surface area contributed by atoms with Crippen LogP contribution in [0.3, 0.4) is 0 Å². The van der Waals surface area contributed by atoms with Crippen molar-refractivity contribution < 1.29 is 4.74 Å². The van der Waals surface area contributed by atoms with Crippen LogP contribution in [0.2, 0.25) is 0 Å². The molecule has 21 heavy (non-hydrogen) atoms. The van der Waals surface area contributed by atoms with Gasteiger partial charge in [0.15, 0.2) is 4.96 Å². The minimum atomic E-state index is 0.759. The van der Waals surface area contributed by atoms with Gasteiger partial charge in [-0.3, -0.25) is 4.40 Å². The highest BCUT2D eigenvalue weighted by Gasteiger charge is 2.10. The molecule has 0 unspecified atom stereocenters. The number of fused-ring (bicyclic) bond motifs is 3. The standard InChI is InChI=1S/C16H13N3OS/c1-20-12-6-7-15-14(8-12)19-9-13(18-16(19)21-15)10-2-4-11(17)5-3-10/h2-9H,17H2,1H3. The molecule has 5 heteroatoms. The van der Waals surface area contributed by atoms with Crippen LogP contribution in [0.5, 0.6) is 5.75 Å². The molecule has 2 heterocycles. The Hall–Kier alpha value is -2.53. The molecule has 0 amide bonds. The number of anilines is 1. The van der Waals surface area contributed by atoms with Gasteiger partial charge in [0.25, 0.3) is 0 Å². The quantitative estimate of drug-likeness (QED) is 0.572. The molecular weight excluding hydrogens is 282 g/mol. The summed E-state index contributed by atoms with van der Waals surface area (Å²) in [7, 11) is 1.68. The zero-order valence-electron chi connectivity index (χ0n) is 11.4. The Balaban J connectivity index is 1.91. The van der Waals surface area contributed by atoms with Gasteiger partial charge in [-0.25, -0.2) is 4.98 Å². The summed E-state index contributed by atoms with van der Waals surface area (Å²) < 4.78 is 8.60. The second-order valence-electron chi connectivity index (χ2n) is 4.84. The van der Waals surface area contributed by atoms with E-state index in [9.17, 15) is 0 Å². The van der Waals surface area contributed by atoms with Gasteiger partial charge in [0.1, 0.15) is 5.75 Å². The Morgan fingerprint density at radius 2 is 1.95 bits per heavy atom. The number of hydrogen-bond acceptors (Lipinski definition) is 4. The molecule has 0 aliphatic rings. The maximum absolute atomic E-state index is 5.73. The molecule has 0 bridgehead atoms. The summed E-state index contributed by atoms with van der Waals surface area (Å²) in [5.41, 5.74) is 9.62. The van der Waals surface area contributed by atoms with E-state index in [1.54, 1.807) is 18.4 Å². The third-order valence-corrected chi connectivity index (χ3v) is 4.54. The molecule has 0 aliphatic carbocycles. The van der Waals surface area contributed by atoms with Crippen LogP contribution < -0.4 is 10.5 Å². The molecule has 4 rings (SSSR count). The van der Waals surface area contributed by atoms with Crippen molar-refractivity contribution in [1.29, 1.82) is 0 Å². The minimum Gasteiger partial charge on any atom is -0.497 e. The molecule has 0 aliphatic heterocycles. The molecule has 0 saturated carbocycles. The van der Waals surface area contributed by atoms with Gasteiger partial charge in [-0.2, -0.15) is 0 Å². The summed E-state index contributed by atoms with van der Waals surface area (Å²) >= 11 is 1.67. The molecule has 0 atom stereocenters. The molecule has 104 valence electrons. The number of hydrogen-bond donors (Lipinski definition) is 1. The average Bonchev–Trinajstić information content (AvgIpc) is 3.05. The normalized spacial score (nSPS) is 11.3. The van der Waals surface area contributed by atoms with Gasteiger partial charge in [0.05, 0.1) is 23.0 Å². The van der Waals surface area contributed by atoms with Gasteiger partial charge in [-0.05, 0) is 24.3 Å². The lowest BCUT2D eigenvalue weighted by Gasteiger charge is -1.99. The fraction of sp³-hybridized carbons (Fsp3) is 0.0625. The highest BCUT2D eigenvalue weighted by Crippen LogP contribution is 2.31. The highest BCUT2D eigenvalue weighted by atomic mass is 32.1. The van der Waals surface area contributed by atoms with E-state index in [-0.39, 0.29) is 0 Å². The summed E-state index contributed by atoms with van der Waals surface area (Å²) in [6, 6.07) is 13.8. The van der Waals surface area contributed by atoms with Crippen LogP contribution in [0.25, 0.3) is 26.4 Å². The van der Waals surface area contributed by atoms with Crippen molar-refractivity contribution in [2.45, 2.75) is 0 Å². The molecule has 0 radical (unpaired) electrons. The molecule has 0 fully saturated rings. The Bertz CT molecular complexity index is 937. The van der Waals surface area contributed by atoms with Crippen LogP contribution in [-0.4, -0.2) is 16.5 Å². The van der Waals surface area contributed by atoms with Gasteiger partial charge >= 0.3 is 0 Å². The van der Waals surface area contributed by atoms with E-state index in [1.807, 2.05) is 36.4 Å². The van der Waals surface area contributed by atoms with Gasteiger partial charge in [-0.1, -0.05) is 23.5 Å². The van der Waals surface area contributed by atoms with Gasteiger partial charge in [-0.15, -0.1) is 0 Å². The summed E-state index contributed by atoms with van der Waals surface area (Å²) in [6.07, 6.45) is 2.05. The van der Waals surface area contributed by atoms with E-state index in [0.717, 1.165) is 33.2 Å². The Kier molecular flexibility index (Phi) is 2.62. The monoisotopic (exact) mass is 295 g/mol. The smallest absolute Gasteiger partial charge is 0.195 e. The number of nitrogens with zero attached hydrogens (tertiary/aromatic N) is 2. The maximum atomic E-state index is 5.73. The SMILES string of the molecule is COc1ccc2sc3nc(-c4ccc(N)cc4)cn3c2c1. The zero-order valence-corrected chi connectivity index (χ0v) is 12.2. The summed E-state index contributed by atoms with van der Waals surface area (Å²) in [5.74, 6) is 0.852. The van der Waals surface area contributed by atoms with E-state index in [1.165, 1.54) is 4.70 Å². The van der Waals surface area contributed by atoms with Crippen LogP contribution in [0.15, 0.2) is 48.7 Å². The van der Waals surface area contributed by atoms with E-state index >= 15 is 0 Å². The van der Waals surface area contributed by atoms with Crippen molar-refractivity contribution in [1.82, 2.24) is 9.38 Å². The Labute approximate surface area is 125 Å². The molecule has 0 spiro atoms. The predicted molar refractivity (Wildman–Crippen MR) is 87.0 cm³/mol. The third-order valence-electron chi connectivity index (χ3n) is 3.51. The molecule has 0 saturated heterocycles. The number of benzene rings is 2. The first-order valence-electron chi connectivity index (χ1n) is 6.56. The zero-order chi connectivity index (χ0) is 14.4. The number of nitrogen functional groups attached to an aromatic ring is 1. The molecule has 4 aromatic rings. The molecular formula is C16H13N3OS. The number of nitrogens with two attached hydrogens (primary N) is 1. The van der Waals surface area contributed by atoms with Crippen molar-refractivity contribution in [3.63, 3.8) is 0 Å². The van der Waals surface area contributed by atoms with E-state index in [0.29, 0.717) is 0 Å². The number of thiazole rings is 1. The van der Waals surface area contributed by atoms with Crippen molar-refractivity contribution in [3.05, 3.63) is 48.7 Å². The van der Waals surface area contributed by atoms with Crippen LogP contribution in [0.1, 0.15) is 0 Å². The largest absolute Gasteiger partial charge is 0.497 e. The van der Waals surface area contributed by atoms with Gasteiger partial charge < -0.3 is 10.5 Å². The molecule has 2 aromatic heterocycles. The average molecular weight is 295 g/mol. The van der Waals surface area contributed by atoms with E-state index in [4.69, 9.17) is 15.5 Å². The van der Waals surface area contributed by atoms with Crippen LogP contribution in [0.4, 0.5) is 5.69 Å². The number of imidazole rings is 1. The Morgan fingerprint density at radius 3 is 2.71 bits per heavy atom. The summed E-state index contributed by atoms with van der Waals surface area (Å²) in [6.45, 7) is 0. The summed E-state index contributed by atoms with van der Waals surface area (Å²) in [4.78, 5) is 5.68. The first kappa shape index (κ1) is 12.2. The van der Waals surface area contributed by atoms with Crippen molar-refractivity contribution >= 4 is 32.2 Å². The van der Waals surface area contributed by atoms with Crippen molar-refractivity contribution in [3.8, 4) is 17.0 Å².